The first kappa shape index (κ1) is 15.1. The van der Waals surface area contributed by atoms with Crippen LogP contribution in [0.5, 0.6) is 0 Å². The minimum Gasteiger partial charge on any atom is -0.480 e. The van der Waals surface area contributed by atoms with Crippen LogP contribution in [0.15, 0.2) is 0 Å². The fourth-order valence-corrected chi connectivity index (χ4v) is 3.02. The number of urea groups is 1. The quantitative estimate of drug-likeness (QED) is 0.819. The van der Waals surface area contributed by atoms with Crippen LogP contribution in [0.4, 0.5) is 4.79 Å². The van der Waals surface area contributed by atoms with Gasteiger partial charge in [-0.05, 0) is 31.6 Å². The highest BCUT2D eigenvalue weighted by Crippen LogP contribution is 2.25. The molecule has 6 heteroatoms. The van der Waals surface area contributed by atoms with Gasteiger partial charge >= 0.3 is 12.0 Å². The molecule has 0 radical (unpaired) electrons. The molecule has 0 aromatic carbocycles. The number of hydrogen-bond donors (Lipinski definition) is 2. The van der Waals surface area contributed by atoms with Crippen molar-refractivity contribution in [3.8, 4) is 0 Å². The molecule has 1 aliphatic carbocycles. The number of carboxylic acids is 1. The summed E-state index contributed by atoms with van der Waals surface area (Å²) < 4.78 is 5.27. The van der Waals surface area contributed by atoms with Crippen molar-refractivity contribution in [1.29, 1.82) is 0 Å². The Bertz CT molecular complexity index is 353. The van der Waals surface area contributed by atoms with Crippen LogP contribution >= 0.6 is 0 Å². The first-order valence-corrected chi connectivity index (χ1v) is 7.45. The van der Waals surface area contributed by atoms with E-state index in [-0.39, 0.29) is 18.7 Å². The smallest absolute Gasteiger partial charge is 0.329 e. The van der Waals surface area contributed by atoms with Crippen LogP contribution in [0.3, 0.4) is 0 Å². The number of nitrogens with zero attached hydrogens (tertiary/aromatic N) is 1. The molecule has 0 aromatic rings. The van der Waals surface area contributed by atoms with E-state index in [9.17, 15) is 9.59 Å². The van der Waals surface area contributed by atoms with Gasteiger partial charge in [-0.25, -0.2) is 9.59 Å². The van der Waals surface area contributed by atoms with Crippen molar-refractivity contribution < 1.29 is 19.4 Å². The monoisotopic (exact) mass is 284 g/mol. The summed E-state index contributed by atoms with van der Waals surface area (Å²) in [6, 6.07) is 0.323. The number of aliphatic carboxylic acids is 1. The van der Waals surface area contributed by atoms with Crippen molar-refractivity contribution in [3.05, 3.63) is 0 Å². The van der Waals surface area contributed by atoms with Crippen LogP contribution in [0.1, 0.15) is 39.0 Å². The van der Waals surface area contributed by atoms with Gasteiger partial charge in [-0.3, -0.25) is 0 Å². The van der Waals surface area contributed by atoms with Crippen molar-refractivity contribution in [2.75, 3.05) is 19.7 Å². The number of ether oxygens (including phenoxy) is 1. The molecule has 0 aromatic heterocycles. The second-order valence-corrected chi connectivity index (χ2v) is 5.86. The van der Waals surface area contributed by atoms with Crippen molar-refractivity contribution in [3.63, 3.8) is 0 Å². The van der Waals surface area contributed by atoms with Crippen LogP contribution in [-0.4, -0.2) is 53.8 Å². The Kier molecular flexibility index (Phi) is 5.23. The third-order valence-electron chi connectivity index (χ3n) is 4.34. The van der Waals surface area contributed by atoms with Gasteiger partial charge in [0.25, 0.3) is 0 Å². The van der Waals surface area contributed by atoms with Crippen LogP contribution in [-0.2, 0) is 9.53 Å². The molecule has 114 valence electrons. The summed E-state index contributed by atoms with van der Waals surface area (Å²) in [5.41, 5.74) is 0. The van der Waals surface area contributed by atoms with Gasteiger partial charge in [-0.2, -0.15) is 0 Å². The molecule has 2 aliphatic rings. The summed E-state index contributed by atoms with van der Waals surface area (Å²) >= 11 is 0. The summed E-state index contributed by atoms with van der Waals surface area (Å²) in [6.45, 7) is 3.20. The summed E-state index contributed by atoms with van der Waals surface area (Å²) in [6.07, 6.45) is 4.83. The van der Waals surface area contributed by atoms with Gasteiger partial charge in [0.2, 0.25) is 0 Å². The molecule has 1 saturated heterocycles. The van der Waals surface area contributed by atoms with Gasteiger partial charge in [0.05, 0.1) is 6.10 Å². The maximum absolute atomic E-state index is 12.2. The van der Waals surface area contributed by atoms with E-state index in [0.717, 1.165) is 6.42 Å². The number of amides is 2. The maximum Gasteiger partial charge on any atom is 0.329 e. The lowest BCUT2D eigenvalue weighted by Crippen LogP contribution is -2.49. The second-order valence-electron chi connectivity index (χ2n) is 5.86. The summed E-state index contributed by atoms with van der Waals surface area (Å²) in [5, 5.41) is 11.7. The Balaban J connectivity index is 1.70. The van der Waals surface area contributed by atoms with E-state index >= 15 is 0 Å². The van der Waals surface area contributed by atoms with Crippen molar-refractivity contribution in [1.82, 2.24) is 10.2 Å². The molecule has 6 nitrogen and oxygen atoms in total. The van der Waals surface area contributed by atoms with Gasteiger partial charge in [-0.1, -0.05) is 13.3 Å². The number of carbonyl (C=O) groups excluding carboxylic acids is 1. The average molecular weight is 284 g/mol. The Labute approximate surface area is 119 Å². The van der Waals surface area contributed by atoms with Gasteiger partial charge in [0, 0.05) is 19.1 Å². The lowest BCUT2D eigenvalue weighted by atomic mass is 10.1. The first-order chi connectivity index (χ1) is 9.56. The normalized spacial score (nSPS) is 27.6. The van der Waals surface area contributed by atoms with Gasteiger partial charge < -0.3 is 20.1 Å². The maximum atomic E-state index is 12.2. The summed E-state index contributed by atoms with van der Waals surface area (Å²) in [7, 11) is 0. The van der Waals surface area contributed by atoms with Crippen molar-refractivity contribution >= 4 is 12.0 Å². The Hall–Kier alpha value is -1.30. The topological polar surface area (TPSA) is 78.9 Å². The zero-order valence-electron chi connectivity index (χ0n) is 12.0. The van der Waals surface area contributed by atoms with Gasteiger partial charge in [0.15, 0.2) is 0 Å². The van der Waals surface area contributed by atoms with Gasteiger partial charge in [-0.15, -0.1) is 0 Å². The molecule has 2 N–H and O–H groups in total. The number of carboxylic acid groups (broad SMARTS) is 1. The van der Waals surface area contributed by atoms with Crippen LogP contribution < -0.4 is 5.32 Å². The summed E-state index contributed by atoms with van der Waals surface area (Å²) in [5.74, 6) is -0.379. The van der Waals surface area contributed by atoms with E-state index in [1.54, 1.807) is 0 Å². The van der Waals surface area contributed by atoms with E-state index in [1.807, 2.05) is 4.90 Å². The molecule has 0 spiro atoms. The molecule has 2 unspecified atom stereocenters. The van der Waals surface area contributed by atoms with Crippen LogP contribution in [0.2, 0.25) is 0 Å². The standard InChI is InChI=1S/C14H24N2O4/c1-10-3-2-4-12(10)15-14(19)16-7-5-11(6-8-16)20-9-13(17)18/h10-12H,2-9H2,1H3,(H,15,19)(H,17,18). The highest BCUT2D eigenvalue weighted by molar-refractivity contribution is 5.74. The number of rotatable bonds is 4. The number of hydrogen-bond acceptors (Lipinski definition) is 3. The lowest BCUT2D eigenvalue weighted by Gasteiger charge is -2.33. The highest BCUT2D eigenvalue weighted by atomic mass is 16.5. The minimum absolute atomic E-state index is 0.0143. The zero-order valence-corrected chi connectivity index (χ0v) is 12.0. The zero-order chi connectivity index (χ0) is 14.5. The number of nitrogens with one attached hydrogen (secondary N) is 1. The average Bonchev–Trinajstić information content (AvgIpc) is 2.82. The third-order valence-corrected chi connectivity index (χ3v) is 4.34. The highest BCUT2D eigenvalue weighted by Gasteiger charge is 2.28. The molecule has 20 heavy (non-hydrogen) atoms. The molecular weight excluding hydrogens is 260 g/mol. The molecule has 2 amide bonds. The van der Waals surface area contributed by atoms with Crippen LogP contribution in [0.25, 0.3) is 0 Å². The minimum atomic E-state index is -0.944. The van der Waals surface area contributed by atoms with E-state index in [0.29, 0.717) is 37.9 Å². The first-order valence-electron chi connectivity index (χ1n) is 7.45. The molecule has 1 heterocycles. The fraction of sp³-hybridized carbons (Fsp3) is 0.857. The SMILES string of the molecule is CC1CCCC1NC(=O)N1CCC(OCC(=O)O)CC1. The van der Waals surface area contributed by atoms with Crippen molar-refractivity contribution in [2.24, 2.45) is 5.92 Å². The Morgan fingerprint density at radius 2 is 1.95 bits per heavy atom. The largest absolute Gasteiger partial charge is 0.480 e. The Morgan fingerprint density at radius 1 is 1.25 bits per heavy atom. The van der Waals surface area contributed by atoms with E-state index in [4.69, 9.17) is 9.84 Å². The van der Waals surface area contributed by atoms with Crippen LogP contribution in [0, 0.1) is 5.92 Å². The molecule has 2 rings (SSSR count). The van der Waals surface area contributed by atoms with E-state index in [1.165, 1.54) is 12.8 Å². The number of piperidine rings is 1. The van der Waals surface area contributed by atoms with E-state index < -0.39 is 5.97 Å². The van der Waals surface area contributed by atoms with Crippen molar-refractivity contribution in [2.45, 2.75) is 51.2 Å². The molecule has 1 aliphatic heterocycles. The van der Waals surface area contributed by atoms with E-state index in [2.05, 4.69) is 12.2 Å². The lowest BCUT2D eigenvalue weighted by molar-refractivity contribution is -0.145. The second kappa shape index (κ2) is 6.92. The number of carbonyl (C=O) groups is 2. The molecule has 2 fully saturated rings. The summed E-state index contributed by atoms with van der Waals surface area (Å²) in [4.78, 5) is 24.4. The Morgan fingerprint density at radius 3 is 2.50 bits per heavy atom. The molecule has 0 bridgehead atoms. The fourth-order valence-electron chi connectivity index (χ4n) is 3.02. The number of likely N-dealkylation sites (tertiary alicyclic amines) is 1. The molecular formula is C14H24N2O4. The predicted molar refractivity (Wildman–Crippen MR) is 73.5 cm³/mol. The molecule has 2 atom stereocenters. The predicted octanol–water partition coefficient (Wildman–Crippen LogP) is 1.45. The van der Waals surface area contributed by atoms with Gasteiger partial charge in [0.1, 0.15) is 6.61 Å². The third kappa shape index (κ3) is 4.10. The molecule has 1 saturated carbocycles.